The van der Waals surface area contributed by atoms with Crippen LogP contribution in [0.25, 0.3) is 21.7 Å². The molecule has 3 atom stereocenters. The van der Waals surface area contributed by atoms with Crippen LogP contribution >= 0.6 is 11.3 Å². The van der Waals surface area contributed by atoms with Gasteiger partial charge in [-0.2, -0.15) is 4.98 Å². The minimum Gasteiger partial charge on any atom is -0.480 e. The number of hydrogen-bond acceptors (Lipinski definition) is 9. The molecule has 2 N–H and O–H groups in total. The van der Waals surface area contributed by atoms with Crippen LogP contribution in [0.2, 0.25) is 0 Å². The minimum atomic E-state index is -1.16. The van der Waals surface area contributed by atoms with Crippen molar-refractivity contribution >= 4 is 39.5 Å². The molecule has 2 unspecified atom stereocenters. The molecule has 4 heterocycles. The third-order valence-corrected chi connectivity index (χ3v) is 6.87. The summed E-state index contributed by atoms with van der Waals surface area (Å²) in [5.74, 6) is -0.999. The quantitative estimate of drug-likeness (QED) is 0.459. The number of rotatable bonds is 6. The topological polar surface area (TPSA) is 144 Å². The highest BCUT2D eigenvalue weighted by molar-refractivity contribution is 7.16. The zero-order valence-electron chi connectivity index (χ0n) is 22.8. The highest BCUT2D eigenvalue weighted by atomic mass is 32.1. The Morgan fingerprint density at radius 1 is 1.13 bits per heavy atom. The van der Waals surface area contributed by atoms with Gasteiger partial charge < -0.3 is 24.8 Å². The summed E-state index contributed by atoms with van der Waals surface area (Å²) in [5.41, 5.74) is -0.904. The molecule has 3 aromatic heterocycles. The van der Waals surface area contributed by atoms with E-state index in [9.17, 15) is 19.5 Å². The maximum absolute atomic E-state index is 13.7. The van der Waals surface area contributed by atoms with E-state index < -0.39 is 47.2 Å². The Balaban J connectivity index is 1.59. The summed E-state index contributed by atoms with van der Waals surface area (Å²) in [6.45, 7) is 10.5. The first-order chi connectivity index (χ1) is 18.2. The molecule has 0 radical (unpaired) electrons. The fraction of sp³-hybridized carbons (Fsp3) is 0.481. The van der Waals surface area contributed by atoms with E-state index in [0.29, 0.717) is 27.6 Å². The summed E-state index contributed by atoms with van der Waals surface area (Å²) in [5, 5.41) is 15.2. The number of pyridine rings is 1. The maximum atomic E-state index is 13.7. The summed E-state index contributed by atoms with van der Waals surface area (Å²) in [6.07, 6.45) is 0.301. The number of carbonyl (C=O) groups is 3. The fourth-order valence-electron chi connectivity index (χ4n) is 4.29. The molecule has 1 saturated heterocycles. The number of carboxylic acids is 1. The van der Waals surface area contributed by atoms with Crippen molar-refractivity contribution in [2.24, 2.45) is 5.41 Å². The van der Waals surface area contributed by atoms with E-state index in [4.69, 9.17) is 9.47 Å². The summed E-state index contributed by atoms with van der Waals surface area (Å²) in [7, 11) is 0. The van der Waals surface area contributed by atoms with E-state index in [1.807, 2.05) is 17.5 Å². The van der Waals surface area contributed by atoms with Crippen LogP contribution in [-0.4, -0.2) is 73.3 Å². The lowest BCUT2D eigenvalue weighted by atomic mass is 9.85. The molecule has 0 bridgehead atoms. The van der Waals surface area contributed by atoms with Gasteiger partial charge in [0.2, 0.25) is 11.8 Å². The van der Waals surface area contributed by atoms with Crippen molar-refractivity contribution in [1.29, 1.82) is 0 Å². The molecular formula is C27H33N5O6S. The van der Waals surface area contributed by atoms with E-state index in [-0.39, 0.29) is 13.0 Å². The number of aromatic nitrogens is 3. The Bertz CT molecular complexity index is 1360. The van der Waals surface area contributed by atoms with Crippen LogP contribution in [0.1, 0.15) is 48.0 Å². The zero-order valence-corrected chi connectivity index (χ0v) is 23.6. The lowest BCUT2D eigenvalue weighted by Crippen LogP contribution is -2.57. The molecule has 0 saturated carbocycles. The summed E-state index contributed by atoms with van der Waals surface area (Å²) >= 11 is 1.43. The van der Waals surface area contributed by atoms with Crippen LogP contribution in [0.4, 0.5) is 4.79 Å². The van der Waals surface area contributed by atoms with Gasteiger partial charge in [-0.1, -0.05) is 26.8 Å². The van der Waals surface area contributed by atoms with Crippen LogP contribution in [0, 0.1) is 5.41 Å². The monoisotopic (exact) mass is 555 g/mol. The van der Waals surface area contributed by atoms with Gasteiger partial charge in [0.15, 0.2) is 5.82 Å². The molecule has 39 heavy (non-hydrogen) atoms. The third-order valence-electron chi connectivity index (χ3n) is 6.07. The van der Waals surface area contributed by atoms with Gasteiger partial charge in [0, 0.05) is 12.6 Å². The molecule has 2 amide bonds. The zero-order chi connectivity index (χ0) is 28.5. The molecule has 0 aromatic carbocycles. The highest BCUT2D eigenvalue weighted by Gasteiger charge is 2.46. The van der Waals surface area contributed by atoms with Crippen LogP contribution in [0.15, 0.2) is 35.8 Å². The second-order valence-electron chi connectivity index (χ2n) is 11.5. The molecule has 1 aliphatic heterocycles. The summed E-state index contributed by atoms with van der Waals surface area (Å²) < 4.78 is 11.6. The third kappa shape index (κ3) is 6.62. The molecule has 1 aliphatic rings. The first-order valence-electron chi connectivity index (χ1n) is 12.6. The first kappa shape index (κ1) is 28.2. The Kier molecular flexibility index (Phi) is 7.78. The maximum Gasteiger partial charge on any atom is 0.408 e. The predicted octanol–water partition coefficient (Wildman–Crippen LogP) is 4.13. The van der Waals surface area contributed by atoms with Crippen molar-refractivity contribution in [2.75, 3.05) is 6.54 Å². The van der Waals surface area contributed by atoms with Crippen LogP contribution in [0.5, 0.6) is 5.88 Å². The van der Waals surface area contributed by atoms with Crippen molar-refractivity contribution in [3.05, 3.63) is 35.8 Å². The normalized spacial score (nSPS) is 18.6. The molecule has 208 valence electrons. The van der Waals surface area contributed by atoms with Crippen LogP contribution in [0.3, 0.4) is 0 Å². The largest absolute Gasteiger partial charge is 0.480 e. The van der Waals surface area contributed by atoms with E-state index in [2.05, 4.69) is 20.3 Å². The Hall–Kier alpha value is -3.80. The number of ether oxygens (including phenoxy) is 2. The number of carbonyl (C=O) groups excluding carboxylic acids is 2. The number of amides is 2. The molecular weight excluding hydrogens is 522 g/mol. The Labute approximate surface area is 230 Å². The van der Waals surface area contributed by atoms with Crippen molar-refractivity contribution in [3.63, 3.8) is 0 Å². The van der Waals surface area contributed by atoms with E-state index >= 15 is 0 Å². The number of carboxylic acid groups (broad SMARTS) is 1. The van der Waals surface area contributed by atoms with Gasteiger partial charge in [-0.15, -0.1) is 11.3 Å². The summed E-state index contributed by atoms with van der Waals surface area (Å²) in [6, 6.07) is 5.10. The molecule has 1 fully saturated rings. The van der Waals surface area contributed by atoms with Gasteiger partial charge in [-0.25, -0.2) is 14.6 Å². The van der Waals surface area contributed by atoms with Crippen LogP contribution in [-0.2, 0) is 14.3 Å². The second kappa shape index (κ2) is 10.8. The molecule has 0 spiro atoms. The van der Waals surface area contributed by atoms with Gasteiger partial charge in [0.25, 0.3) is 0 Å². The van der Waals surface area contributed by atoms with Gasteiger partial charge in [-0.05, 0) is 49.8 Å². The van der Waals surface area contributed by atoms with Gasteiger partial charge in [-0.3, -0.25) is 9.78 Å². The van der Waals surface area contributed by atoms with Gasteiger partial charge in [0.1, 0.15) is 34.3 Å². The van der Waals surface area contributed by atoms with Gasteiger partial charge >= 0.3 is 12.1 Å². The smallest absolute Gasteiger partial charge is 0.408 e. The predicted molar refractivity (Wildman–Crippen MR) is 145 cm³/mol. The second-order valence-corrected chi connectivity index (χ2v) is 12.4. The van der Waals surface area contributed by atoms with E-state index in [1.165, 1.54) is 16.2 Å². The minimum absolute atomic E-state index is 0.00688. The lowest BCUT2D eigenvalue weighted by molar-refractivity contribution is -0.150. The number of nitrogens with one attached hydrogen (secondary N) is 1. The number of fused-ring (bicyclic) bond motifs is 1. The van der Waals surface area contributed by atoms with Crippen molar-refractivity contribution in [2.45, 2.75) is 71.8 Å². The SMILES string of the molecule is CC(C)(C)OC(=O)N[C@H](C(=O)N1CC(Oc2nc(-c3ccccn3)nc3sccc23)CC1C(=O)O)C(C)(C)C. The average Bonchev–Trinajstić information content (AvgIpc) is 3.48. The number of likely N-dealkylation sites (tertiary alicyclic amines) is 1. The van der Waals surface area contributed by atoms with E-state index in [0.717, 1.165) is 0 Å². The fourth-order valence-corrected chi connectivity index (χ4v) is 5.04. The van der Waals surface area contributed by atoms with Crippen LogP contribution < -0.4 is 10.1 Å². The molecule has 3 aromatic rings. The molecule has 4 rings (SSSR count). The lowest BCUT2D eigenvalue weighted by Gasteiger charge is -2.35. The van der Waals surface area contributed by atoms with E-state index in [1.54, 1.807) is 59.9 Å². The van der Waals surface area contributed by atoms with Crippen molar-refractivity contribution < 1.29 is 29.0 Å². The molecule has 11 nitrogen and oxygen atoms in total. The Morgan fingerprint density at radius 3 is 2.49 bits per heavy atom. The number of nitrogens with zero attached hydrogens (tertiary/aromatic N) is 4. The van der Waals surface area contributed by atoms with Crippen molar-refractivity contribution in [3.8, 4) is 17.4 Å². The number of hydrogen-bond donors (Lipinski definition) is 2. The number of aliphatic carboxylic acids is 1. The number of alkyl carbamates (subject to hydrolysis) is 1. The standard InChI is InChI=1S/C27H33N5O6S/c1-26(2,3)19(29-25(36)38-27(4,5)6)23(33)32-14-15(13-18(32)24(34)35)37-21-16-10-12-39-22(16)31-20(30-21)17-9-7-8-11-28-17/h7-12,15,18-19H,13-14H2,1-6H3,(H,29,36)(H,34,35)/t15?,18?,19-/m1/s1. The van der Waals surface area contributed by atoms with Gasteiger partial charge in [0.05, 0.1) is 11.9 Å². The average molecular weight is 556 g/mol. The highest BCUT2D eigenvalue weighted by Crippen LogP contribution is 2.33. The van der Waals surface area contributed by atoms with Crippen molar-refractivity contribution in [1.82, 2.24) is 25.2 Å². The summed E-state index contributed by atoms with van der Waals surface area (Å²) in [4.78, 5) is 53.9. The molecule has 12 heteroatoms. The molecule has 0 aliphatic carbocycles. The Morgan fingerprint density at radius 2 is 1.87 bits per heavy atom. The first-order valence-corrected chi connectivity index (χ1v) is 13.5. The number of thiophene rings is 1.